The first kappa shape index (κ1) is 29.1. The van der Waals surface area contributed by atoms with E-state index in [-0.39, 0.29) is 41.7 Å². The molecule has 1 fully saturated rings. The van der Waals surface area contributed by atoms with Crippen LogP contribution in [0.1, 0.15) is 28.0 Å². The topological polar surface area (TPSA) is 125 Å². The average Bonchev–Trinajstić information content (AvgIpc) is 3.65. The summed E-state index contributed by atoms with van der Waals surface area (Å²) < 4.78 is 7.95. The number of hydrogen-bond acceptors (Lipinski definition) is 8. The van der Waals surface area contributed by atoms with Crippen LogP contribution in [0.15, 0.2) is 77.3 Å². The van der Waals surface area contributed by atoms with Crippen molar-refractivity contribution in [1.29, 1.82) is 0 Å². The van der Waals surface area contributed by atoms with Crippen LogP contribution in [0.25, 0.3) is 20.8 Å². The molecule has 13 heteroatoms. The molecule has 2 N–H and O–H groups in total. The highest BCUT2D eigenvalue weighted by atomic mass is 32.1. The van der Waals surface area contributed by atoms with Crippen LogP contribution in [0.2, 0.25) is 0 Å². The smallest absolute Gasteiger partial charge is 0.307 e. The molecule has 222 valence electrons. The molecule has 2 aromatic heterocycles. The van der Waals surface area contributed by atoms with Gasteiger partial charge in [-0.2, -0.15) is 0 Å². The maximum Gasteiger partial charge on any atom is 0.307 e. The number of rotatable bonds is 8. The van der Waals surface area contributed by atoms with Crippen LogP contribution in [0.5, 0.6) is 0 Å². The quantitative estimate of drug-likeness (QED) is 0.193. The largest absolute Gasteiger partial charge is 0.326 e. The van der Waals surface area contributed by atoms with E-state index in [0.29, 0.717) is 16.9 Å². The summed E-state index contributed by atoms with van der Waals surface area (Å²) in [4.78, 5) is 46.8. The molecule has 0 aliphatic carbocycles. The molecule has 44 heavy (non-hydrogen) atoms. The van der Waals surface area contributed by atoms with E-state index in [1.807, 2.05) is 42.5 Å². The van der Waals surface area contributed by atoms with Crippen molar-refractivity contribution in [2.75, 3.05) is 17.7 Å². The van der Waals surface area contributed by atoms with E-state index in [1.54, 1.807) is 54.6 Å². The Hall–Kier alpha value is -5.01. The number of thiocarbonyl (C=S) groups is 1. The third-order valence-corrected chi connectivity index (χ3v) is 8.93. The lowest BCUT2D eigenvalue weighted by Crippen LogP contribution is -2.42. The van der Waals surface area contributed by atoms with E-state index < -0.39 is 6.04 Å². The number of carbonyl (C=O) groups is 3. The van der Waals surface area contributed by atoms with Crippen molar-refractivity contribution in [3.8, 4) is 10.6 Å². The van der Waals surface area contributed by atoms with E-state index in [4.69, 9.17) is 21.7 Å². The number of aromatic nitrogens is 3. The highest BCUT2D eigenvalue weighted by molar-refractivity contribution is 7.80. The first-order valence-corrected chi connectivity index (χ1v) is 15.0. The minimum atomic E-state index is -0.856. The molecule has 1 unspecified atom stereocenters. The van der Waals surface area contributed by atoms with E-state index in [1.165, 1.54) is 15.1 Å². The Labute approximate surface area is 262 Å². The number of thiazole rings is 1. The molecule has 6 rings (SSSR count). The average molecular weight is 627 g/mol. The Bertz CT molecular complexity index is 1900. The number of aryl methyl sites for hydroxylation is 2. The second kappa shape index (κ2) is 11.9. The molecule has 0 spiro atoms. The summed E-state index contributed by atoms with van der Waals surface area (Å²) in [5.41, 5.74) is 4.60. The molecular formula is C31H28N7O4S2+. The Balaban J connectivity index is 1.14. The van der Waals surface area contributed by atoms with Gasteiger partial charge in [0, 0.05) is 23.9 Å². The predicted octanol–water partition coefficient (Wildman–Crippen LogP) is 4.29. The van der Waals surface area contributed by atoms with Gasteiger partial charge in [-0.15, -0.1) is 11.3 Å². The van der Waals surface area contributed by atoms with Gasteiger partial charge < -0.3 is 10.2 Å². The molecule has 3 aromatic carbocycles. The van der Waals surface area contributed by atoms with Crippen LogP contribution >= 0.6 is 23.6 Å². The minimum absolute atomic E-state index is 0.0770. The molecule has 1 aliphatic rings. The lowest BCUT2D eigenvalue weighted by Gasteiger charge is -2.21. The SMILES string of the molecule is Cc1ccc2nc(-c3ccc(NC(=O)CC4C(=O)N(C)C(=S)N4Cc4c(NC(=O)c5ccccc5)on[n+]4C)cc3)sc2c1. The van der Waals surface area contributed by atoms with Crippen molar-refractivity contribution in [2.24, 2.45) is 7.05 Å². The number of fused-ring (bicyclic) bond motifs is 1. The van der Waals surface area contributed by atoms with Gasteiger partial charge in [0.2, 0.25) is 11.2 Å². The number of likely N-dealkylation sites (N-methyl/N-ethyl adjacent to an activating group) is 1. The summed E-state index contributed by atoms with van der Waals surface area (Å²) in [5, 5.41) is 10.7. The van der Waals surface area contributed by atoms with Crippen molar-refractivity contribution in [3.05, 3.63) is 89.6 Å². The molecule has 0 saturated carbocycles. The zero-order valence-electron chi connectivity index (χ0n) is 24.1. The summed E-state index contributed by atoms with van der Waals surface area (Å²) in [7, 11) is 3.23. The number of anilines is 2. The molecule has 0 radical (unpaired) electrons. The lowest BCUT2D eigenvalue weighted by atomic mass is 10.1. The van der Waals surface area contributed by atoms with Crippen molar-refractivity contribution in [1.82, 2.24) is 20.1 Å². The molecule has 1 aliphatic heterocycles. The van der Waals surface area contributed by atoms with Crippen molar-refractivity contribution in [3.63, 3.8) is 0 Å². The van der Waals surface area contributed by atoms with E-state index in [2.05, 4.69) is 28.9 Å². The van der Waals surface area contributed by atoms with Crippen LogP contribution in [0.4, 0.5) is 11.6 Å². The summed E-state index contributed by atoms with van der Waals surface area (Å²) in [6, 6.07) is 21.5. The van der Waals surface area contributed by atoms with Gasteiger partial charge in [0.05, 0.1) is 16.6 Å². The number of carbonyl (C=O) groups excluding carboxylic acids is 3. The van der Waals surface area contributed by atoms with Crippen LogP contribution in [-0.2, 0) is 23.2 Å². The summed E-state index contributed by atoms with van der Waals surface area (Å²) in [5.74, 6) is -0.902. The Kier molecular flexibility index (Phi) is 7.89. The third kappa shape index (κ3) is 5.79. The first-order chi connectivity index (χ1) is 21.2. The lowest BCUT2D eigenvalue weighted by molar-refractivity contribution is -0.746. The molecule has 1 saturated heterocycles. The van der Waals surface area contributed by atoms with Crippen molar-refractivity contribution >= 4 is 68.2 Å². The Morgan fingerprint density at radius 3 is 2.57 bits per heavy atom. The molecule has 3 heterocycles. The maximum atomic E-state index is 13.2. The first-order valence-electron chi connectivity index (χ1n) is 13.7. The normalized spacial score (nSPS) is 14.8. The number of amides is 3. The van der Waals surface area contributed by atoms with Crippen LogP contribution in [0.3, 0.4) is 0 Å². The number of hydrogen-bond donors (Lipinski definition) is 2. The zero-order chi connectivity index (χ0) is 31.0. The van der Waals surface area contributed by atoms with Gasteiger partial charge in [0.25, 0.3) is 17.5 Å². The fourth-order valence-electron chi connectivity index (χ4n) is 4.94. The van der Waals surface area contributed by atoms with Crippen LogP contribution in [-0.4, -0.2) is 56.0 Å². The Morgan fingerprint density at radius 2 is 1.82 bits per heavy atom. The molecular weight excluding hydrogens is 599 g/mol. The van der Waals surface area contributed by atoms with Gasteiger partial charge in [-0.1, -0.05) is 24.3 Å². The number of nitrogens with zero attached hydrogens (tertiary/aromatic N) is 5. The van der Waals surface area contributed by atoms with E-state index >= 15 is 0 Å². The standard InChI is InChI=1S/C31H27N7O4S2/c1-18-9-14-22-25(15-18)44-29(33-22)20-10-12-21(13-11-20)32-26(39)16-23-30(41)36(2)31(43)38(23)17-24-28(42-35-37(24)3)34-27(40)19-7-5-4-6-8-19/h4-15,23H,16-17H2,1-3H3,(H-,32,33,34,35,39,40)/p+1. The fourth-order valence-corrected chi connectivity index (χ4v) is 6.29. The highest BCUT2D eigenvalue weighted by Crippen LogP contribution is 2.31. The third-order valence-electron chi connectivity index (χ3n) is 7.35. The molecule has 5 aromatic rings. The summed E-state index contributed by atoms with van der Waals surface area (Å²) in [6.07, 6.45) is -0.136. The van der Waals surface area contributed by atoms with Gasteiger partial charge in [-0.25, -0.2) is 4.98 Å². The van der Waals surface area contributed by atoms with E-state index in [0.717, 1.165) is 20.8 Å². The van der Waals surface area contributed by atoms with Gasteiger partial charge in [0.15, 0.2) is 12.2 Å². The fraction of sp³-hybridized carbons (Fsp3) is 0.194. The molecule has 0 bridgehead atoms. The molecule has 1 atom stereocenters. The maximum absolute atomic E-state index is 13.2. The molecule has 11 nitrogen and oxygen atoms in total. The van der Waals surface area contributed by atoms with Crippen LogP contribution in [0, 0.1) is 6.92 Å². The highest BCUT2D eigenvalue weighted by Gasteiger charge is 2.44. The van der Waals surface area contributed by atoms with E-state index in [9.17, 15) is 14.4 Å². The van der Waals surface area contributed by atoms with Crippen molar-refractivity contribution < 1.29 is 23.6 Å². The predicted molar refractivity (Wildman–Crippen MR) is 170 cm³/mol. The number of nitrogens with one attached hydrogen (secondary N) is 2. The van der Waals surface area contributed by atoms with Crippen LogP contribution < -0.4 is 15.3 Å². The summed E-state index contributed by atoms with van der Waals surface area (Å²) >= 11 is 7.18. The number of benzene rings is 3. The second-order valence-corrected chi connectivity index (χ2v) is 11.8. The van der Waals surface area contributed by atoms with Gasteiger partial charge in [-0.3, -0.25) is 29.1 Å². The molecule has 3 amide bonds. The van der Waals surface area contributed by atoms with Crippen molar-refractivity contribution in [2.45, 2.75) is 25.9 Å². The van der Waals surface area contributed by atoms with Gasteiger partial charge in [0.1, 0.15) is 17.6 Å². The summed E-state index contributed by atoms with van der Waals surface area (Å²) in [6.45, 7) is 2.13. The minimum Gasteiger partial charge on any atom is -0.326 e. The monoisotopic (exact) mass is 626 g/mol. The van der Waals surface area contributed by atoms with Gasteiger partial charge in [-0.05, 0) is 77.9 Å². The second-order valence-electron chi connectivity index (χ2n) is 10.4. The van der Waals surface area contributed by atoms with Gasteiger partial charge >= 0.3 is 5.88 Å². The Morgan fingerprint density at radius 1 is 1.07 bits per heavy atom. The zero-order valence-corrected chi connectivity index (χ0v) is 25.7.